The number of methoxy groups -OCH3 is 1. The monoisotopic (exact) mass is 427 g/mol. The topological polar surface area (TPSA) is 38.2 Å². The summed E-state index contributed by atoms with van der Waals surface area (Å²) in [5.74, 6) is 1.36. The summed E-state index contributed by atoms with van der Waals surface area (Å²) in [7, 11) is 1.68. The lowest BCUT2D eigenvalue weighted by Gasteiger charge is -2.29. The Bertz CT molecular complexity index is 1090. The van der Waals surface area contributed by atoms with Crippen molar-refractivity contribution in [3.8, 4) is 17.1 Å². The molecule has 1 aliphatic heterocycles. The van der Waals surface area contributed by atoms with Crippen LogP contribution in [0.3, 0.4) is 0 Å². The molecule has 0 unspecified atom stereocenters. The zero-order valence-electron chi connectivity index (χ0n) is 17.8. The van der Waals surface area contributed by atoms with E-state index in [-0.39, 0.29) is 0 Å². The molecule has 4 rings (SSSR count). The SMILES string of the molecule is COc1cc(C)c(CN2CCc3nc(-c4ccc(C(F)(F)F)cc4)ncc3C2)cc1C. The lowest BCUT2D eigenvalue weighted by Crippen LogP contribution is -2.31. The molecule has 3 aromatic rings. The number of hydrogen-bond donors (Lipinski definition) is 0. The summed E-state index contributed by atoms with van der Waals surface area (Å²) in [5.41, 5.74) is 5.52. The van der Waals surface area contributed by atoms with Gasteiger partial charge in [-0.05, 0) is 48.7 Å². The van der Waals surface area contributed by atoms with Gasteiger partial charge in [-0.15, -0.1) is 0 Å². The molecule has 31 heavy (non-hydrogen) atoms. The van der Waals surface area contributed by atoms with Gasteiger partial charge in [0.05, 0.1) is 18.4 Å². The highest BCUT2D eigenvalue weighted by molar-refractivity contribution is 5.56. The van der Waals surface area contributed by atoms with E-state index < -0.39 is 11.7 Å². The second-order valence-electron chi connectivity index (χ2n) is 7.95. The summed E-state index contributed by atoms with van der Waals surface area (Å²) >= 11 is 0. The summed E-state index contributed by atoms with van der Waals surface area (Å²) < 4.78 is 43.8. The highest BCUT2D eigenvalue weighted by Gasteiger charge is 2.30. The van der Waals surface area contributed by atoms with E-state index in [2.05, 4.69) is 33.9 Å². The van der Waals surface area contributed by atoms with Crippen molar-refractivity contribution in [2.75, 3.05) is 13.7 Å². The first-order valence-electron chi connectivity index (χ1n) is 10.1. The van der Waals surface area contributed by atoms with Crippen LogP contribution in [0.5, 0.6) is 5.75 Å². The van der Waals surface area contributed by atoms with Crippen LogP contribution in [-0.4, -0.2) is 28.5 Å². The number of hydrogen-bond acceptors (Lipinski definition) is 4. The molecular weight excluding hydrogens is 403 g/mol. The minimum atomic E-state index is -4.35. The molecule has 0 N–H and O–H groups in total. The first-order chi connectivity index (χ1) is 14.7. The average molecular weight is 427 g/mol. The van der Waals surface area contributed by atoms with E-state index in [1.807, 2.05) is 6.92 Å². The fraction of sp³-hybridized carbons (Fsp3) is 0.333. The van der Waals surface area contributed by atoms with Crippen molar-refractivity contribution in [2.24, 2.45) is 0 Å². The molecule has 1 aliphatic rings. The van der Waals surface area contributed by atoms with Crippen LogP contribution in [0.1, 0.15) is 33.5 Å². The Morgan fingerprint density at radius 3 is 2.48 bits per heavy atom. The number of fused-ring (bicyclic) bond motifs is 1. The quantitative estimate of drug-likeness (QED) is 0.563. The summed E-state index contributed by atoms with van der Waals surface area (Å²) in [4.78, 5) is 11.4. The molecule has 0 saturated carbocycles. The van der Waals surface area contributed by atoms with Gasteiger partial charge in [0.1, 0.15) is 5.75 Å². The molecule has 0 fully saturated rings. The third kappa shape index (κ3) is 4.56. The van der Waals surface area contributed by atoms with Crippen molar-refractivity contribution >= 4 is 0 Å². The average Bonchev–Trinajstić information content (AvgIpc) is 2.75. The Labute approximate surface area is 179 Å². The van der Waals surface area contributed by atoms with E-state index in [0.29, 0.717) is 11.4 Å². The Hall–Kier alpha value is -2.93. The Morgan fingerprint density at radius 2 is 1.81 bits per heavy atom. The van der Waals surface area contributed by atoms with Crippen LogP contribution in [0, 0.1) is 13.8 Å². The minimum Gasteiger partial charge on any atom is -0.496 e. The Kier molecular flexibility index (Phi) is 5.71. The molecule has 2 heterocycles. The number of alkyl halides is 3. The summed E-state index contributed by atoms with van der Waals surface area (Å²) in [6, 6.07) is 9.23. The van der Waals surface area contributed by atoms with Gasteiger partial charge in [-0.25, -0.2) is 9.97 Å². The van der Waals surface area contributed by atoms with E-state index in [4.69, 9.17) is 4.74 Å². The fourth-order valence-electron chi connectivity index (χ4n) is 3.94. The van der Waals surface area contributed by atoms with E-state index >= 15 is 0 Å². The zero-order valence-corrected chi connectivity index (χ0v) is 17.8. The van der Waals surface area contributed by atoms with E-state index in [0.717, 1.165) is 60.8 Å². The van der Waals surface area contributed by atoms with Crippen LogP contribution < -0.4 is 4.74 Å². The van der Waals surface area contributed by atoms with Gasteiger partial charge in [0, 0.05) is 43.4 Å². The standard InChI is InChI=1S/C24H24F3N3O/c1-15-11-22(31-3)16(2)10-18(15)13-30-9-8-21-19(14-30)12-28-23(29-21)17-4-6-20(7-5-17)24(25,26)27/h4-7,10-12H,8-9,13-14H2,1-3H3. The van der Waals surface area contributed by atoms with Crippen LogP contribution in [0.15, 0.2) is 42.6 Å². The number of rotatable bonds is 4. The van der Waals surface area contributed by atoms with Crippen molar-refractivity contribution < 1.29 is 17.9 Å². The van der Waals surface area contributed by atoms with E-state index in [9.17, 15) is 13.2 Å². The molecule has 2 aromatic carbocycles. The van der Waals surface area contributed by atoms with Crippen molar-refractivity contribution in [1.82, 2.24) is 14.9 Å². The van der Waals surface area contributed by atoms with E-state index in [1.54, 1.807) is 13.3 Å². The van der Waals surface area contributed by atoms with Crippen LogP contribution in [-0.2, 0) is 25.7 Å². The molecule has 0 bridgehead atoms. The third-order valence-electron chi connectivity index (χ3n) is 5.73. The number of aromatic nitrogens is 2. The van der Waals surface area contributed by atoms with Crippen molar-refractivity contribution in [2.45, 2.75) is 39.5 Å². The summed E-state index contributed by atoms with van der Waals surface area (Å²) in [5, 5.41) is 0. The predicted octanol–water partition coefficient (Wildman–Crippen LogP) is 5.35. The lowest BCUT2D eigenvalue weighted by atomic mass is 10.0. The first-order valence-corrected chi connectivity index (χ1v) is 10.1. The third-order valence-corrected chi connectivity index (χ3v) is 5.73. The van der Waals surface area contributed by atoms with Gasteiger partial charge in [0.15, 0.2) is 5.82 Å². The molecule has 0 amide bonds. The maximum atomic E-state index is 12.8. The number of halogens is 3. The molecule has 162 valence electrons. The second-order valence-corrected chi connectivity index (χ2v) is 7.95. The normalized spacial score (nSPS) is 14.4. The molecule has 1 aromatic heterocycles. The van der Waals surface area contributed by atoms with Crippen molar-refractivity contribution in [3.05, 3.63) is 76.1 Å². The van der Waals surface area contributed by atoms with Crippen molar-refractivity contribution in [1.29, 1.82) is 0 Å². The van der Waals surface area contributed by atoms with Gasteiger partial charge in [0.2, 0.25) is 0 Å². The highest BCUT2D eigenvalue weighted by Crippen LogP contribution is 2.31. The van der Waals surface area contributed by atoms with E-state index in [1.165, 1.54) is 23.3 Å². The number of benzene rings is 2. The highest BCUT2D eigenvalue weighted by atomic mass is 19.4. The molecule has 0 atom stereocenters. The van der Waals surface area contributed by atoms with Crippen LogP contribution in [0.25, 0.3) is 11.4 Å². The molecule has 7 heteroatoms. The molecule has 0 spiro atoms. The van der Waals surface area contributed by atoms with Gasteiger partial charge in [0.25, 0.3) is 0 Å². The zero-order chi connectivity index (χ0) is 22.2. The van der Waals surface area contributed by atoms with Crippen molar-refractivity contribution in [3.63, 3.8) is 0 Å². The lowest BCUT2D eigenvalue weighted by molar-refractivity contribution is -0.137. The van der Waals surface area contributed by atoms with Gasteiger partial charge in [-0.2, -0.15) is 13.2 Å². The maximum Gasteiger partial charge on any atom is 0.416 e. The van der Waals surface area contributed by atoms with Gasteiger partial charge in [-0.1, -0.05) is 18.2 Å². The number of nitrogens with zero attached hydrogens (tertiary/aromatic N) is 3. The van der Waals surface area contributed by atoms with Crippen LogP contribution in [0.2, 0.25) is 0 Å². The molecule has 0 saturated heterocycles. The smallest absolute Gasteiger partial charge is 0.416 e. The number of ether oxygens (including phenoxy) is 1. The van der Waals surface area contributed by atoms with Gasteiger partial charge >= 0.3 is 6.18 Å². The largest absolute Gasteiger partial charge is 0.496 e. The molecule has 0 aliphatic carbocycles. The predicted molar refractivity (Wildman–Crippen MR) is 113 cm³/mol. The molecule has 4 nitrogen and oxygen atoms in total. The van der Waals surface area contributed by atoms with Crippen LogP contribution in [0.4, 0.5) is 13.2 Å². The Balaban J connectivity index is 1.49. The number of aryl methyl sites for hydroxylation is 2. The minimum absolute atomic E-state index is 0.461. The summed E-state index contributed by atoms with van der Waals surface area (Å²) in [6.07, 6.45) is -1.77. The Morgan fingerprint density at radius 1 is 1.06 bits per heavy atom. The van der Waals surface area contributed by atoms with Gasteiger partial charge < -0.3 is 4.74 Å². The molecule has 0 radical (unpaired) electrons. The second kappa shape index (κ2) is 8.30. The fourth-order valence-corrected chi connectivity index (χ4v) is 3.94. The first kappa shape index (κ1) is 21.3. The van der Waals surface area contributed by atoms with Gasteiger partial charge in [-0.3, -0.25) is 4.90 Å². The summed E-state index contributed by atoms with van der Waals surface area (Å²) in [6.45, 7) is 6.57. The maximum absolute atomic E-state index is 12.8. The van der Waals surface area contributed by atoms with Crippen LogP contribution >= 0.6 is 0 Å². The molecular formula is C24H24F3N3O.